The molecule has 0 fully saturated rings. The van der Waals surface area contributed by atoms with Gasteiger partial charge in [0.05, 0.1) is 6.61 Å². The van der Waals surface area contributed by atoms with Gasteiger partial charge in [0.25, 0.3) is 5.91 Å². The minimum Gasteiger partial charge on any atom is -0.490 e. The number of ether oxygens (including phenoxy) is 2. The molecule has 0 radical (unpaired) electrons. The average Bonchev–Trinajstić information content (AvgIpc) is 2.85. The predicted octanol–water partition coefficient (Wildman–Crippen LogP) is 5.63. The van der Waals surface area contributed by atoms with Gasteiger partial charge in [-0.2, -0.15) is 5.26 Å². The fraction of sp³-hybridized carbons (Fsp3) is 0.241. The second-order valence-corrected chi connectivity index (χ2v) is 7.93. The largest absolute Gasteiger partial charge is 0.490 e. The van der Waals surface area contributed by atoms with E-state index in [-0.39, 0.29) is 11.5 Å². The van der Waals surface area contributed by atoms with Crippen LogP contribution in [-0.2, 0) is 17.8 Å². The highest BCUT2D eigenvalue weighted by Crippen LogP contribution is 2.30. The molecular formula is C29H30N2O3. The number of rotatable bonds is 11. The van der Waals surface area contributed by atoms with Crippen molar-refractivity contribution >= 4 is 12.0 Å². The molecule has 0 unspecified atom stereocenters. The molecule has 0 spiro atoms. The Balaban J connectivity index is 1.62. The number of carbonyl (C=O) groups excluding carboxylic acids is 1. The average molecular weight is 455 g/mol. The van der Waals surface area contributed by atoms with Crippen LogP contribution in [0.25, 0.3) is 6.08 Å². The first-order valence-corrected chi connectivity index (χ1v) is 11.5. The maximum Gasteiger partial charge on any atom is 0.261 e. The van der Waals surface area contributed by atoms with Crippen molar-refractivity contribution in [1.82, 2.24) is 5.32 Å². The van der Waals surface area contributed by atoms with Gasteiger partial charge in [-0.25, -0.2) is 0 Å². The van der Waals surface area contributed by atoms with Crippen LogP contribution in [0.4, 0.5) is 0 Å². The standard InChI is InChI=1S/C29H30N2O3/c1-3-33-28-19-24(14-15-27(28)34-21-25-12-7-9-22(2)17-25)18-26(20-30)29(32)31-16-8-13-23-10-5-4-6-11-23/h4-7,9-12,14-15,17-19H,3,8,13,16,21H2,1-2H3,(H,31,32)/b26-18-. The molecule has 0 saturated heterocycles. The molecule has 0 heterocycles. The van der Waals surface area contributed by atoms with E-state index in [4.69, 9.17) is 9.47 Å². The summed E-state index contributed by atoms with van der Waals surface area (Å²) in [7, 11) is 0. The van der Waals surface area contributed by atoms with E-state index in [2.05, 4.69) is 23.5 Å². The minimum absolute atomic E-state index is 0.0515. The van der Waals surface area contributed by atoms with Gasteiger partial charge in [0, 0.05) is 6.54 Å². The molecule has 1 N–H and O–H groups in total. The number of hydrogen-bond donors (Lipinski definition) is 1. The van der Waals surface area contributed by atoms with Gasteiger partial charge in [-0.15, -0.1) is 0 Å². The molecule has 5 heteroatoms. The molecule has 34 heavy (non-hydrogen) atoms. The van der Waals surface area contributed by atoms with Crippen molar-refractivity contribution in [1.29, 1.82) is 5.26 Å². The summed E-state index contributed by atoms with van der Waals surface area (Å²) in [6, 6.07) is 25.7. The zero-order valence-corrected chi connectivity index (χ0v) is 19.7. The summed E-state index contributed by atoms with van der Waals surface area (Å²) in [5.41, 5.74) is 4.22. The molecule has 5 nitrogen and oxygen atoms in total. The fourth-order valence-electron chi connectivity index (χ4n) is 3.51. The monoisotopic (exact) mass is 454 g/mol. The third-order valence-corrected chi connectivity index (χ3v) is 5.19. The lowest BCUT2D eigenvalue weighted by Crippen LogP contribution is -2.25. The second kappa shape index (κ2) is 12.9. The van der Waals surface area contributed by atoms with E-state index in [9.17, 15) is 10.1 Å². The number of amides is 1. The van der Waals surface area contributed by atoms with Crippen molar-refractivity contribution < 1.29 is 14.3 Å². The molecule has 0 aliphatic heterocycles. The highest BCUT2D eigenvalue weighted by molar-refractivity contribution is 6.01. The van der Waals surface area contributed by atoms with Crippen molar-refractivity contribution in [2.75, 3.05) is 13.2 Å². The molecule has 3 aromatic carbocycles. The maximum absolute atomic E-state index is 12.5. The quantitative estimate of drug-likeness (QED) is 0.232. The third-order valence-electron chi connectivity index (χ3n) is 5.19. The minimum atomic E-state index is -0.381. The summed E-state index contributed by atoms with van der Waals surface area (Å²) < 4.78 is 11.7. The van der Waals surface area contributed by atoms with Crippen molar-refractivity contribution in [3.05, 3.63) is 101 Å². The molecule has 0 aliphatic carbocycles. The van der Waals surface area contributed by atoms with Crippen LogP contribution in [0, 0.1) is 18.3 Å². The van der Waals surface area contributed by atoms with Crippen LogP contribution in [0.1, 0.15) is 35.6 Å². The van der Waals surface area contributed by atoms with Crippen molar-refractivity contribution in [2.24, 2.45) is 0 Å². The molecule has 174 valence electrons. The number of hydrogen-bond acceptors (Lipinski definition) is 4. The van der Waals surface area contributed by atoms with Gasteiger partial charge < -0.3 is 14.8 Å². The molecule has 0 bridgehead atoms. The molecule has 3 aromatic rings. The molecule has 0 aliphatic rings. The van der Waals surface area contributed by atoms with Crippen LogP contribution in [-0.4, -0.2) is 19.1 Å². The van der Waals surface area contributed by atoms with Crippen molar-refractivity contribution in [2.45, 2.75) is 33.3 Å². The van der Waals surface area contributed by atoms with Gasteiger partial charge in [-0.3, -0.25) is 4.79 Å². The van der Waals surface area contributed by atoms with Crippen molar-refractivity contribution in [3.63, 3.8) is 0 Å². The van der Waals surface area contributed by atoms with E-state index >= 15 is 0 Å². The first-order chi connectivity index (χ1) is 16.6. The van der Waals surface area contributed by atoms with Crippen LogP contribution in [0.3, 0.4) is 0 Å². The highest BCUT2D eigenvalue weighted by atomic mass is 16.5. The zero-order chi connectivity index (χ0) is 24.2. The van der Waals surface area contributed by atoms with E-state index in [1.165, 1.54) is 11.1 Å². The van der Waals surface area contributed by atoms with Crippen LogP contribution in [0.5, 0.6) is 11.5 Å². The lowest BCUT2D eigenvalue weighted by Gasteiger charge is -2.13. The summed E-state index contributed by atoms with van der Waals surface area (Å²) in [5.74, 6) is 0.808. The normalized spacial score (nSPS) is 10.9. The fourth-order valence-corrected chi connectivity index (χ4v) is 3.51. The molecule has 3 rings (SSSR count). The van der Waals surface area contributed by atoms with Gasteiger partial charge in [-0.05, 0) is 61.6 Å². The highest BCUT2D eigenvalue weighted by Gasteiger charge is 2.11. The number of carbonyl (C=O) groups is 1. The Morgan fingerprint density at radius 2 is 1.76 bits per heavy atom. The molecule has 0 atom stereocenters. The van der Waals surface area contributed by atoms with E-state index in [0.717, 1.165) is 18.4 Å². The smallest absolute Gasteiger partial charge is 0.261 e. The van der Waals surface area contributed by atoms with Crippen LogP contribution >= 0.6 is 0 Å². The third kappa shape index (κ3) is 7.53. The number of nitrogens with zero attached hydrogens (tertiary/aromatic N) is 1. The van der Waals surface area contributed by atoms with E-state index in [1.807, 2.05) is 62.4 Å². The van der Waals surface area contributed by atoms with Crippen LogP contribution in [0.15, 0.2) is 78.4 Å². The van der Waals surface area contributed by atoms with Crippen molar-refractivity contribution in [3.8, 4) is 17.6 Å². The maximum atomic E-state index is 12.5. The summed E-state index contributed by atoms with van der Waals surface area (Å²) in [6.45, 7) is 5.34. The Bertz CT molecular complexity index is 1160. The Kier molecular flexibility index (Phi) is 9.30. The second-order valence-electron chi connectivity index (χ2n) is 7.93. The summed E-state index contributed by atoms with van der Waals surface area (Å²) in [4.78, 5) is 12.5. The van der Waals surface area contributed by atoms with E-state index < -0.39 is 0 Å². The molecular weight excluding hydrogens is 424 g/mol. The van der Waals surface area contributed by atoms with Gasteiger partial charge in [-0.1, -0.05) is 66.2 Å². The lowest BCUT2D eigenvalue weighted by atomic mass is 10.1. The Morgan fingerprint density at radius 1 is 0.971 bits per heavy atom. The number of aryl methyl sites for hydroxylation is 2. The molecule has 0 saturated carbocycles. The first kappa shape index (κ1) is 24.6. The van der Waals surface area contributed by atoms with Crippen LogP contribution in [0.2, 0.25) is 0 Å². The van der Waals surface area contributed by atoms with Crippen LogP contribution < -0.4 is 14.8 Å². The summed E-state index contributed by atoms with van der Waals surface area (Å²) >= 11 is 0. The van der Waals surface area contributed by atoms with Gasteiger partial charge in [0.1, 0.15) is 18.2 Å². The van der Waals surface area contributed by atoms with E-state index in [0.29, 0.717) is 36.8 Å². The van der Waals surface area contributed by atoms with Gasteiger partial charge >= 0.3 is 0 Å². The zero-order valence-electron chi connectivity index (χ0n) is 19.7. The summed E-state index contributed by atoms with van der Waals surface area (Å²) in [5, 5.41) is 12.3. The number of nitriles is 1. The number of nitrogens with one attached hydrogen (secondary N) is 1. The van der Waals surface area contributed by atoms with Gasteiger partial charge in [0.15, 0.2) is 11.5 Å². The molecule has 0 aromatic heterocycles. The summed E-state index contributed by atoms with van der Waals surface area (Å²) in [6.07, 6.45) is 3.24. The Hall–Kier alpha value is -4.04. The van der Waals surface area contributed by atoms with Gasteiger partial charge in [0.2, 0.25) is 0 Å². The molecule has 1 amide bonds. The Labute approximate surface area is 201 Å². The van der Waals surface area contributed by atoms with E-state index in [1.54, 1.807) is 18.2 Å². The lowest BCUT2D eigenvalue weighted by molar-refractivity contribution is -0.117. The number of benzene rings is 3. The predicted molar refractivity (Wildman–Crippen MR) is 134 cm³/mol. The first-order valence-electron chi connectivity index (χ1n) is 11.5. The Morgan fingerprint density at radius 3 is 2.50 bits per heavy atom. The topological polar surface area (TPSA) is 71.3 Å². The SMILES string of the molecule is CCOc1cc(/C=C(/C#N)C(=O)NCCCc2ccccc2)ccc1OCc1cccc(C)c1.